The van der Waals surface area contributed by atoms with Crippen LogP contribution >= 0.6 is 0 Å². The maximum atomic E-state index is 13.7. The highest BCUT2D eigenvalue weighted by atomic mass is 32.2. The Bertz CT molecular complexity index is 1450. The molecule has 0 aliphatic carbocycles. The van der Waals surface area contributed by atoms with Gasteiger partial charge < -0.3 is 4.90 Å². The molecule has 0 N–H and O–H groups in total. The van der Waals surface area contributed by atoms with E-state index in [-0.39, 0.29) is 16.2 Å². The molecule has 1 unspecified atom stereocenters. The van der Waals surface area contributed by atoms with Crippen molar-refractivity contribution in [3.8, 4) is 6.07 Å². The monoisotopic (exact) mass is 494 g/mol. The third-order valence-corrected chi connectivity index (χ3v) is 7.73. The average molecular weight is 495 g/mol. The minimum Gasteiger partial charge on any atom is -0.382 e. The number of allylic oxidation sites excluding steroid dienone is 1. The molecule has 1 aromatic heterocycles. The molecule has 7 nitrogen and oxygen atoms in total. The topological polar surface area (TPSA) is 86.4 Å². The fraction of sp³-hybridized carbons (Fsp3) is 0.308. The Hall–Kier alpha value is -3.48. The van der Waals surface area contributed by atoms with E-state index in [1.54, 1.807) is 43.3 Å². The SMILES string of the molecule is Cc1ccc(S(=O)(=O)n2c(C(=O)C(C#N)=CN(C)C)cc3cc(CN4CCC(F)C4)ccc32)cc1. The van der Waals surface area contributed by atoms with Gasteiger partial charge in [0.25, 0.3) is 10.0 Å². The number of carbonyl (C=O) groups is 1. The minimum absolute atomic E-state index is 0.0416. The van der Waals surface area contributed by atoms with Crippen molar-refractivity contribution < 1.29 is 17.6 Å². The molecule has 182 valence electrons. The molecular formula is C26H27FN4O3S. The molecule has 1 atom stereocenters. The van der Waals surface area contributed by atoms with Gasteiger partial charge in [-0.15, -0.1) is 0 Å². The maximum Gasteiger partial charge on any atom is 0.268 e. The van der Waals surface area contributed by atoms with Crippen LogP contribution in [0.5, 0.6) is 0 Å². The summed E-state index contributed by atoms with van der Waals surface area (Å²) in [5.74, 6) is -0.686. The van der Waals surface area contributed by atoms with Crippen molar-refractivity contribution in [2.45, 2.75) is 31.0 Å². The van der Waals surface area contributed by atoms with Gasteiger partial charge in [0, 0.05) is 45.3 Å². The Morgan fingerprint density at radius 2 is 1.91 bits per heavy atom. The standard InChI is InChI=1S/C26H27FN4O3S/c1-18-4-7-23(8-5-18)35(33,34)31-24-9-6-19(15-30-11-10-22(27)17-30)12-20(24)13-25(31)26(32)21(14-28)16-29(2)3/h4-9,12-13,16,22H,10-11,15,17H2,1-3H3. The van der Waals surface area contributed by atoms with Crippen LogP contribution in [0.15, 0.2) is 65.2 Å². The summed E-state index contributed by atoms with van der Waals surface area (Å²) in [4.78, 5) is 17.0. The predicted molar refractivity (Wildman–Crippen MR) is 132 cm³/mol. The number of carbonyl (C=O) groups excluding carboxylic acids is 1. The summed E-state index contributed by atoms with van der Waals surface area (Å²) >= 11 is 0. The largest absolute Gasteiger partial charge is 0.382 e. The lowest BCUT2D eigenvalue weighted by Gasteiger charge is -2.15. The predicted octanol–water partition coefficient (Wildman–Crippen LogP) is 3.88. The van der Waals surface area contributed by atoms with E-state index in [0.717, 1.165) is 15.1 Å². The van der Waals surface area contributed by atoms with Crippen LogP contribution in [-0.4, -0.2) is 61.3 Å². The van der Waals surface area contributed by atoms with Crippen LogP contribution in [0.3, 0.4) is 0 Å². The Labute approximate surface area is 204 Å². The van der Waals surface area contributed by atoms with Gasteiger partial charge in [0.2, 0.25) is 5.78 Å². The van der Waals surface area contributed by atoms with E-state index in [9.17, 15) is 22.9 Å². The Morgan fingerprint density at radius 3 is 2.51 bits per heavy atom. The number of aromatic nitrogens is 1. The van der Waals surface area contributed by atoms with Crippen LogP contribution in [-0.2, 0) is 16.6 Å². The summed E-state index contributed by atoms with van der Waals surface area (Å²) in [6.45, 7) is 3.41. The van der Waals surface area contributed by atoms with Gasteiger partial charge in [-0.05, 0) is 49.2 Å². The summed E-state index contributed by atoms with van der Waals surface area (Å²) in [5.41, 5.74) is 1.84. The lowest BCUT2D eigenvalue weighted by Crippen LogP contribution is -2.20. The molecule has 0 saturated carbocycles. The van der Waals surface area contributed by atoms with Gasteiger partial charge in [0.05, 0.1) is 10.4 Å². The molecule has 9 heteroatoms. The third kappa shape index (κ3) is 4.99. The third-order valence-electron chi connectivity index (χ3n) is 5.99. The van der Waals surface area contributed by atoms with E-state index in [1.807, 2.05) is 24.0 Å². The molecule has 0 amide bonds. The van der Waals surface area contributed by atoms with E-state index in [0.29, 0.717) is 37.0 Å². The number of hydrogen-bond acceptors (Lipinski definition) is 6. The Balaban J connectivity index is 1.87. The first-order valence-corrected chi connectivity index (χ1v) is 12.7. The number of fused-ring (bicyclic) bond motifs is 1. The number of aryl methyl sites for hydroxylation is 1. The molecular weight excluding hydrogens is 467 g/mol. The normalized spacial score (nSPS) is 17.0. The first-order valence-electron chi connectivity index (χ1n) is 11.3. The van der Waals surface area contributed by atoms with Gasteiger partial charge in [-0.3, -0.25) is 9.69 Å². The number of alkyl halides is 1. The minimum atomic E-state index is -4.14. The van der Waals surface area contributed by atoms with E-state index in [4.69, 9.17) is 0 Å². The highest BCUT2D eigenvalue weighted by Crippen LogP contribution is 2.29. The van der Waals surface area contributed by atoms with E-state index < -0.39 is 22.0 Å². The number of ketones is 1. The van der Waals surface area contributed by atoms with E-state index in [1.165, 1.54) is 24.4 Å². The van der Waals surface area contributed by atoms with Gasteiger partial charge in [-0.2, -0.15) is 5.26 Å². The number of halogens is 1. The van der Waals surface area contributed by atoms with Crippen molar-refractivity contribution >= 4 is 26.7 Å². The number of nitriles is 1. The highest BCUT2D eigenvalue weighted by Gasteiger charge is 2.29. The van der Waals surface area contributed by atoms with Gasteiger partial charge in [-0.1, -0.05) is 23.8 Å². The second-order valence-electron chi connectivity index (χ2n) is 9.07. The number of benzene rings is 2. The molecule has 4 rings (SSSR count). The molecule has 2 heterocycles. The quantitative estimate of drug-likeness (QED) is 0.282. The molecule has 1 aliphatic heterocycles. The number of likely N-dealkylation sites (tertiary alicyclic amines) is 1. The number of Topliss-reactive ketones (excluding diaryl/α,β-unsaturated/α-hetero) is 1. The zero-order valence-electron chi connectivity index (χ0n) is 19.9. The molecule has 35 heavy (non-hydrogen) atoms. The maximum absolute atomic E-state index is 13.7. The second kappa shape index (κ2) is 9.64. The van der Waals surface area contributed by atoms with Crippen molar-refractivity contribution in [3.63, 3.8) is 0 Å². The van der Waals surface area contributed by atoms with Crippen LogP contribution in [0.4, 0.5) is 4.39 Å². The average Bonchev–Trinajstić information content (AvgIpc) is 3.40. The fourth-order valence-corrected chi connectivity index (χ4v) is 5.80. The summed E-state index contributed by atoms with van der Waals surface area (Å²) in [6, 6.07) is 15.1. The van der Waals surface area contributed by atoms with Crippen LogP contribution < -0.4 is 0 Å². The van der Waals surface area contributed by atoms with Gasteiger partial charge in [0.15, 0.2) is 0 Å². The molecule has 0 bridgehead atoms. The van der Waals surface area contributed by atoms with Crippen molar-refractivity contribution in [2.75, 3.05) is 27.2 Å². The summed E-state index contributed by atoms with van der Waals surface area (Å²) in [7, 11) is -0.789. The first kappa shape index (κ1) is 24.6. The lowest BCUT2D eigenvalue weighted by atomic mass is 10.1. The van der Waals surface area contributed by atoms with Crippen LogP contribution in [0, 0.1) is 18.3 Å². The van der Waals surface area contributed by atoms with Crippen LogP contribution in [0.1, 0.15) is 28.0 Å². The second-order valence-corrected chi connectivity index (χ2v) is 10.9. The molecule has 3 aromatic rings. The van der Waals surface area contributed by atoms with Crippen molar-refractivity contribution in [1.82, 2.24) is 13.8 Å². The van der Waals surface area contributed by atoms with Gasteiger partial charge in [-0.25, -0.2) is 16.8 Å². The number of rotatable bonds is 7. The lowest BCUT2D eigenvalue weighted by molar-refractivity contribution is 0.103. The van der Waals surface area contributed by atoms with Crippen LogP contribution in [0.25, 0.3) is 10.9 Å². The van der Waals surface area contributed by atoms with Crippen molar-refractivity contribution in [3.05, 3.63) is 77.1 Å². The zero-order valence-corrected chi connectivity index (χ0v) is 20.7. The van der Waals surface area contributed by atoms with Gasteiger partial charge in [0.1, 0.15) is 23.5 Å². The molecule has 1 fully saturated rings. The van der Waals surface area contributed by atoms with Crippen molar-refractivity contribution in [1.29, 1.82) is 5.26 Å². The molecule has 1 aliphatic rings. The Morgan fingerprint density at radius 1 is 1.20 bits per heavy atom. The zero-order chi connectivity index (χ0) is 25.3. The number of nitrogens with zero attached hydrogens (tertiary/aromatic N) is 4. The summed E-state index contributed by atoms with van der Waals surface area (Å²) in [6.07, 6.45) is 1.03. The highest BCUT2D eigenvalue weighted by molar-refractivity contribution is 7.90. The first-order chi connectivity index (χ1) is 16.6. The molecule has 0 radical (unpaired) electrons. The summed E-state index contributed by atoms with van der Waals surface area (Å²) < 4.78 is 42.1. The fourth-order valence-electron chi connectivity index (χ4n) is 4.29. The van der Waals surface area contributed by atoms with Crippen molar-refractivity contribution in [2.24, 2.45) is 0 Å². The number of hydrogen-bond donors (Lipinski definition) is 0. The molecule has 1 saturated heterocycles. The molecule has 2 aromatic carbocycles. The van der Waals surface area contributed by atoms with Gasteiger partial charge >= 0.3 is 0 Å². The summed E-state index contributed by atoms with van der Waals surface area (Å²) in [5, 5.41) is 10.1. The smallest absolute Gasteiger partial charge is 0.268 e. The van der Waals surface area contributed by atoms with E-state index >= 15 is 0 Å². The van der Waals surface area contributed by atoms with Crippen LogP contribution in [0.2, 0.25) is 0 Å². The van der Waals surface area contributed by atoms with E-state index in [2.05, 4.69) is 0 Å². The Kier molecular flexibility index (Phi) is 6.79. The molecule has 0 spiro atoms.